The van der Waals surface area contributed by atoms with E-state index < -0.39 is 0 Å². The summed E-state index contributed by atoms with van der Waals surface area (Å²) in [5, 5.41) is 17.5. The van der Waals surface area contributed by atoms with E-state index in [0.29, 0.717) is 19.1 Å². The summed E-state index contributed by atoms with van der Waals surface area (Å²) < 4.78 is 13.6. The van der Waals surface area contributed by atoms with Crippen LogP contribution in [0.1, 0.15) is 16.7 Å². The second-order valence-electron chi connectivity index (χ2n) is 9.04. The van der Waals surface area contributed by atoms with Crippen LogP contribution in [0.4, 0.5) is 11.6 Å². The topological polar surface area (TPSA) is 84.1 Å². The molecule has 0 saturated carbocycles. The predicted molar refractivity (Wildman–Crippen MR) is 142 cm³/mol. The number of hydrogen-bond donors (Lipinski definition) is 2. The number of methoxy groups -OCH3 is 1. The summed E-state index contributed by atoms with van der Waals surface area (Å²) in [5.41, 5.74) is 7.58. The van der Waals surface area contributed by atoms with Crippen LogP contribution in [0.15, 0.2) is 48.7 Å². The van der Waals surface area contributed by atoms with E-state index in [0.717, 1.165) is 66.3 Å². The summed E-state index contributed by atoms with van der Waals surface area (Å²) in [6, 6.07) is 14.6. The predicted octanol–water partition coefficient (Wildman–Crippen LogP) is 3.90. The molecule has 0 radical (unpaired) electrons. The molecule has 2 aliphatic heterocycles. The van der Waals surface area contributed by atoms with Gasteiger partial charge in [0, 0.05) is 31.6 Å². The van der Waals surface area contributed by atoms with Crippen LogP contribution in [0, 0.1) is 0 Å². The van der Waals surface area contributed by atoms with Gasteiger partial charge in [-0.25, -0.2) is 9.50 Å². The van der Waals surface area contributed by atoms with Crippen molar-refractivity contribution in [3.63, 3.8) is 0 Å². The maximum Gasteiger partial charge on any atom is 0.245 e. The number of fused-ring (bicyclic) bond motifs is 3. The molecule has 4 aromatic rings. The fraction of sp³-hybridized carbons (Fsp3) is 0.333. The Morgan fingerprint density at radius 2 is 1.89 bits per heavy atom. The standard InChI is InChI=1S/C27H29N5O3.ClH/c1-34-25-16-20-8-11-31(12-13-33)10-7-19(20)15-23(25)29-27-28-17-21-5-6-24(32(21)30-27)22-4-2-3-18-9-14-35-26(18)22;/h2-6,15-17,33H,7-14H2,1H3,(H,29,30);1H. The number of para-hydroxylation sites is 1. The molecule has 2 aromatic carbocycles. The summed E-state index contributed by atoms with van der Waals surface area (Å²) in [6.07, 6.45) is 4.62. The molecule has 0 bridgehead atoms. The molecule has 0 saturated heterocycles. The van der Waals surface area contributed by atoms with Gasteiger partial charge in [0.25, 0.3) is 0 Å². The van der Waals surface area contributed by atoms with Crippen molar-refractivity contribution in [2.45, 2.75) is 19.3 Å². The van der Waals surface area contributed by atoms with Gasteiger partial charge >= 0.3 is 0 Å². The van der Waals surface area contributed by atoms with Gasteiger partial charge in [0.05, 0.1) is 43.4 Å². The lowest BCUT2D eigenvalue weighted by atomic mass is 10.0. The van der Waals surface area contributed by atoms with Gasteiger partial charge in [-0.05, 0) is 59.9 Å². The molecule has 0 aliphatic carbocycles. The van der Waals surface area contributed by atoms with E-state index in [1.165, 1.54) is 16.7 Å². The van der Waals surface area contributed by atoms with Crippen molar-refractivity contribution in [1.82, 2.24) is 19.5 Å². The average molecular weight is 508 g/mol. The fourth-order valence-electron chi connectivity index (χ4n) is 5.13. The third-order valence-electron chi connectivity index (χ3n) is 6.97. The number of β-amino-alcohol motifs (C(OH)–C–C–N with tert-alkyl or cyclic N) is 1. The Labute approximate surface area is 216 Å². The Balaban J connectivity index is 0.00000267. The highest BCUT2D eigenvalue weighted by molar-refractivity contribution is 5.85. The molecule has 8 nitrogen and oxygen atoms in total. The van der Waals surface area contributed by atoms with Gasteiger partial charge in [-0.2, -0.15) is 0 Å². The van der Waals surface area contributed by atoms with E-state index in [-0.39, 0.29) is 19.0 Å². The van der Waals surface area contributed by atoms with Crippen molar-refractivity contribution < 1.29 is 14.6 Å². The number of halogens is 1. The average Bonchev–Trinajstić information content (AvgIpc) is 3.48. The summed E-state index contributed by atoms with van der Waals surface area (Å²) >= 11 is 0. The highest BCUT2D eigenvalue weighted by Crippen LogP contribution is 2.37. The van der Waals surface area contributed by atoms with Crippen LogP contribution in [0.5, 0.6) is 11.5 Å². The number of aromatic nitrogens is 3. The number of aliphatic hydroxyl groups is 1. The van der Waals surface area contributed by atoms with Crippen molar-refractivity contribution in [1.29, 1.82) is 0 Å². The van der Waals surface area contributed by atoms with Crippen LogP contribution in [-0.4, -0.2) is 64.6 Å². The van der Waals surface area contributed by atoms with Gasteiger partial charge in [0.2, 0.25) is 5.95 Å². The maximum atomic E-state index is 9.32. The minimum absolute atomic E-state index is 0. The first-order valence-electron chi connectivity index (χ1n) is 12.1. The molecule has 9 heteroatoms. The zero-order valence-electron chi connectivity index (χ0n) is 20.2. The lowest BCUT2D eigenvalue weighted by Crippen LogP contribution is -2.29. The van der Waals surface area contributed by atoms with E-state index in [1.54, 1.807) is 7.11 Å². The first-order valence-corrected chi connectivity index (χ1v) is 12.1. The molecule has 0 unspecified atom stereocenters. The molecule has 2 N–H and O–H groups in total. The molecule has 36 heavy (non-hydrogen) atoms. The Hall–Kier alpha value is -3.33. The smallest absolute Gasteiger partial charge is 0.245 e. The molecule has 0 atom stereocenters. The lowest BCUT2D eigenvalue weighted by molar-refractivity contribution is 0.201. The second kappa shape index (κ2) is 10.3. The van der Waals surface area contributed by atoms with Crippen LogP contribution in [0.2, 0.25) is 0 Å². The van der Waals surface area contributed by atoms with Crippen LogP contribution >= 0.6 is 12.4 Å². The number of aliphatic hydroxyl groups excluding tert-OH is 1. The molecular formula is C27H30ClN5O3. The molecule has 188 valence electrons. The van der Waals surface area contributed by atoms with Gasteiger partial charge in [-0.1, -0.05) is 12.1 Å². The minimum atomic E-state index is 0. The van der Waals surface area contributed by atoms with Crippen LogP contribution in [-0.2, 0) is 19.3 Å². The number of ether oxygens (including phenoxy) is 2. The number of anilines is 2. The maximum absolute atomic E-state index is 9.32. The molecule has 4 heterocycles. The summed E-state index contributed by atoms with van der Waals surface area (Å²) in [4.78, 5) is 6.86. The quantitative estimate of drug-likeness (QED) is 0.409. The second-order valence-corrected chi connectivity index (χ2v) is 9.04. The van der Waals surface area contributed by atoms with Crippen molar-refractivity contribution in [3.8, 4) is 22.8 Å². The van der Waals surface area contributed by atoms with E-state index in [4.69, 9.17) is 14.6 Å². The number of nitrogens with one attached hydrogen (secondary N) is 1. The molecular weight excluding hydrogens is 478 g/mol. The van der Waals surface area contributed by atoms with Crippen LogP contribution < -0.4 is 14.8 Å². The van der Waals surface area contributed by atoms with Crippen molar-refractivity contribution in [2.24, 2.45) is 0 Å². The van der Waals surface area contributed by atoms with E-state index in [1.807, 2.05) is 16.8 Å². The Kier molecular flexibility index (Phi) is 7.00. The van der Waals surface area contributed by atoms with Crippen molar-refractivity contribution >= 4 is 29.6 Å². The van der Waals surface area contributed by atoms with Crippen LogP contribution in [0.25, 0.3) is 16.8 Å². The zero-order valence-corrected chi connectivity index (χ0v) is 21.1. The lowest BCUT2D eigenvalue weighted by Gasteiger charge is -2.17. The Bertz CT molecular complexity index is 1390. The monoisotopic (exact) mass is 507 g/mol. The van der Waals surface area contributed by atoms with E-state index in [9.17, 15) is 5.11 Å². The largest absolute Gasteiger partial charge is 0.495 e. The van der Waals surface area contributed by atoms with Gasteiger partial charge < -0.3 is 24.8 Å². The zero-order chi connectivity index (χ0) is 23.8. The molecule has 2 aromatic heterocycles. The van der Waals surface area contributed by atoms with E-state index >= 15 is 0 Å². The van der Waals surface area contributed by atoms with Gasteiger partial charge in [0.1, 0.15) is 11.5 Å². The number of hydrogen-bond acceptors (Lipinski definition) is 7. The first-order chi connectivity index (χ1) is 17.2. The normalized spacial score (nSPS) is 14.9. The molecule has 6 rings (SSSR count). The first kappa shape index (κ1) is 24.4. The summed E-state index contributed by atoms with van der Waals surface area (Å²) in [7, 11) is 1.69. The molecule has 2 aliphatic rings. The highest BCUT2D eigenvalue weighted by Gasteiger charge is 2.20. The third-order valence-corrected chi connectivity index (χ3v) is 6.97. The summed E-state index contributed by atoms with van der Waals surface area (Å²) in [5.74, 6) is 2.21. The number of benzene rings is 2. The van der Waals surface area contributed by atoms with E-state index in [2.05, 4.69) is 51.6 Å². The number of nitrogens with zero attached hydrogens (tertiary/aromatic N) is 4. The van der Waals surface area contributed by atoms with Gasteiger partial charge in [-0.3, -0.25) is 0 Å². The fourth-order valence-corrected chi connectivity index (χ4v) is 5.13. The Morgan fingerprint density at radius 1 is 1.06 bits per heavy atom. The SMILES string of the molecule is COc1cc2c(cc1Nc1ncc3ccc(-c4cccc5c4OCC5)n3n1)CCN(CCO)CC2.Cl. The van der Waals surface area contributed by atoms with Gasteiger partial charge in [-0.15, -0.1) is 17.5 Å². The molecule has 0 spiro atoms. The molecule has 0 fully saturated rings. The van der Waals surface area contributed by atoms with Gasteiger partial charge in [0.15, 0.2) is 0 Å². The van der Waals surface area contributed by atoms with Crippen LogP contribution in [0.3, 0.4) is 0 Å². The Morgan fingerprint density at radius 3 is 2.69 bits per heavy atom. The van der Waals surface area contributed by atoms with Crippen molar-refractivity contribution in [3.05, 3.63) is 65.4 Å². The minimum Gasteiger partial charge on any atom is -0.495 e. The number of rotatable bonds is 6. The van der Waals surface area contributed by atoms with Crippen molar-refractivity contribution in [2.75, 3.05) is 45.3 Å². The molecule has 0 amide bonds. The summed E-state index contributed by atoms with van der Waals surface area (Å²) in [6.45, 7) is 3.47. The highest BCUT2D eigenvalue weighted by atomic mass is 35.5. The third kappa shape index (κ3) is 4.48.